The maximum Gasteiger partial charge on any atom is -0.0256 e. The van der Waals surface area contributed by atoms with Gasteiger partial charge < -0.3 is 0 Å². The Bertz CT molecular complexity index is 756. The van der Waals surface area contributed by atoms with Gasteiger partial charge in [0, 0.05) is 0 Å². The van der Waals surface area contributed by atoms with Crippen LogP contribution in [0.2, 0.25) is 0 Å². The molecule has 0 aliphatic heterocycles. The van der Waals surface area contributed by atoms with Crippen molar-refractivity contribution in [1.29, 1.82) is 0 Å². The largest absolute Gasteiger partial charge is 0.0587 e. The normalized spacial score (nSPS) is 11.4. The molecule has 0 aromatic heterocycles. The summed E-state index contributed by atoms with van der Waals surface area (Å²) < 4.78 is 0. The lowest BCUT2D eigenvalue weighted by molar-refractivity contribution is 1.46. The fraction of sp³-hybridized carbons (Fsp3) is 0.0833. The average Bonchev–Trinajstić information content (AvgIpc) is 2.62. The van der Waals surface area contributed by atoms with Crippen LogP contribution in [-0.2, 0) is 0 Å². The first-order valence-corrected chi connectivity index (χ1v) is 8.29. The summed E-state index contributed by atoms with van der Waals surface area (Å²) in [4.78, 5) is 0. The minimum atomic E-state index is 1.21. The van der Waals surface area contributed by atoms with Gasteiger partial charge in [-0.15, -0.1) is 0 Å². The molecule has 118 valence electrons. The van der Waals surface area contributed by atoms with Crippen molar-refractivity contribution in [3.05, 3.63) is 106 Å². The fourth-order valence-electron chi connectivity index (χ4n) is 2.46. The Morgan fingerprint density at radius 1 is 0.375 bits per heavy atom. The Labute approximate surface area is 144 Å². The summed E-state index contributed by atoms with van der Waals surface area (Å²) in [6.07, 6.45) is 8.60. The molecular weight excluding hydrogens is 288 g/mol. The van der Waals surface area contributed by atoms with Crippen molar-refractivity contribution < 1.29 is 0 Å². The van der Waals surface area contributed by atoms with Gasteiger partial charge >= 0.3 is 0 Å². The molecule has 0 spiro atoms. The van der Waals surface area contributed by atoms with Crippen LogP contribution in [0.1, 0.15) is 33.4 Å². The highest BCUT2D eigenvalue weighted by molar-refractivity contribution is 5.73. The number of rotatable bonds is 4. The molecule has 0 atom stereocenters. The van der Waals surface area contributed by atoms with Crippen LogP contribution in [0.5, 0.6) is 0 Å². The van der Waals surface area contributed by atoms with Gasteiger partial charge in [-0.3, -0.25) is 0 Å². The third-order valence-electron chi connectivity index (χ3n) is 4.03. The summed E-state index contributed by atoms with van der Waals surface area (Å²) in [6.45, 7) is 4.21. The summed E-state index contributed by atoms with van der Waals surface area (Å²) in [5, 5.41) is 0. The summed E-state index contributed by atoms with van der Waals surface area (Å²) in [7, 11) is 0. The first kappa shape index (κ1) is 16.0. The Hall–Kier alpha value is -2.86. The van der Waals surface area contributed by atoms with Crippen LogP contribution in [-0.4, -0.2) is 0 Å². The molecule has 0 saturated heterocycles. The summed E-state index contributed by atoms with van der Waals surface area (Å²) in [5.74, 6) is 0. The second-order valence-electron chi connectivity index (χ2n) is 6.15. The first-order valence-electron chi connectivity index (χ1n) is 8.29. The van der Waals surface area contributed by atoms with Crippen molar-refractivity contribution >= 4 is 24.3 Å². The minimum absolute atomic E-state index is 1.21. The average molecular weight is 310 g/mol. The molecule has 0 bridgehead atoms. The SMILES string of the molecule is Cc1ccc(C=Cc2ccc(C=Cc3ccc(C)cc3)cc2)cc1. The van der Waals surface area contributed by atoms with E-state index in [1.807, 2.05) is 0 Å². The van der Waals surface area contributed by atoms with Crippen molar-refractivity contribution in [2.45, 2.75) is 13.8 Å². The quantitative estimate of drug-likeness (QED) is 0.473. The Morgan fingerprint density at radius 2 is 0.583 bits per heavy atom. The zero-order valence-corrected chi connectivity index (χ0v) is 14.2. The molecule has 0 saturated carbocycles. The Kier molecular flexibility index (Phi) is 5.08. The molecule has 0 amide bonds. The Balaban J connectivity index is 1.66. The third-order valence-corrected chi connectivity index (χ3v) is 4.03. The highest BCUT2D eigenvalue weighted by Crippen LogP contribution is 2.13. The van der Waals surface area contributed by atoms with Gasteiger partial charge in [-0.2, -0.15) is 0 Å². The molecule has 3 aromatic carbocycles. The van der Waals surface area contributed by atoms with Crippen molar-refractivity contribution in [1.82, 2.24) is 0 Å². The topological polar surface area (TPSA) is 0 Å². The van der Waals surface area contributed by atoms with E-state index in [1.54, 1.807) is 0 Å². The second-order valence-corrected chi connectivity index (χ2v) is 6.15. The molecule has 0 aliphatic carbocycles. The van der Waals surface area contributed by atoms with E-state index in [9.17, 15) is 0 Å². The van der Waals surface area contributed by atoms with Gasteiger partial charge in [0.15, 0.2) is 0 Å². The Morgan fingerprint density at radius 3 is 0.833 bits per heavy atom. The molecule has 0 heteroatoms. The third kappa shape index (κ3) is 4.57. The molecule has 0 N–H and O–H groups in total. The van der Waals surface area contributed by atoms with Crippen molar-refractivity contribution in [3.8, 4) is 0 Å². The van der Waals surface area contributed by atoms with Gasteiger partial charge in [-0.1, -0.05) is 108 Å². The predicted octanol–water partition coefficient (Wildman–Crippen LogP) is 6.64. The van der Waals surface area contributed by atoms with E-state index in [0.29, 0.717) is 0 Å². The van der Waals surface area contributed by atoms with E-state index in [1.165, 1.54) is 33.4 Å². The van der Waals surface area contributed by atoms with Gasteiger partial charge in [0.05, 0.1) is 0 Å². The van der Waals surface area contributed by atoms with E-state index in [-0.39, 0.29) is 0 Å². The molecule has 0 aliphatic rings. The monoisotopic (exact) mass is 310 g/mol. The van der Waals surface area contributed by atoms with Gasteiger partial charge in [0.25, 0.3) is 0 Å². The smallest absolute Gasteiger partial charge is 0.0256 e. The first-order chi connectivity index (χ1) is 11.7. The molecule has 0 unspecified atom stereocenters. The number of aryl methyl sites for hydroxylation is 2. The van der Waals surface area contributed by atoms with Crippen LogP contribution in [0.25, 0.3) is 24.3 Å². The lowest BCUT2D eigenvalue weighted by Crippen LogP contribution is -1.77. The van der Waals surface area contributed by atoms with Gasteiger partial charge in [0.1, 0.15) is 0 Å². The van der Waals surface area contributed by atoms with Crippen molar-refractivity contribution in [2.24, 2.45) is 0 Å². The maximum atomic E-state index is 2.15. The van der Waals surface area contributed by atoms with Gasteiger partial charge in [-0.25, -0.2) is 0 Å². The van der Waals surface area contributed by atoms with E-state index in [2.05, 4.69) is 111 Å². The standard InChI is InChI=1S/C24H22/c1-19-3-7-21(8-4-19)11-13-23-15-17-24(18-16-23)14-12-22-9-5-20(2)6-10-22/h3-18H,1-2H3. The molecule has 0 heterocycles. The van der Waals surface area contributed by atoms with Crippen LogP contribution in [0.4, 0.5) is 0 Å². The zero-order chi connectivity index (χ0) is 16.8. The molecule has 3 rings (SSSR count). The number of benzene rings is 3. The predicted molar refractivity (Wildman–Crippen MR) is 107 cm³/mol. The summed E-state index contributed by atoms with van der Waals surface area (Å²) in [5.41, 5.74) is 7.45. The van der Waals surface area contributed by atoms with Crippen LogP contribution in [0.15, 0.2) is 72.8 Å². The van der Waals surface area contributed by atoms with E-state index in [4.69, 9.17) is 0 Å². The highest BCUT2D eigenvalue weighted by atomic mass is 14.0. The molecule has 0 nitrogen and oxygen atoms in total. The van der Waals surface area contributed by atoms with Crippen LogP contribution < -0.4 is 0 Å². The highest BCUT2D eigenvalue weighted by Gasteiger charge is 1.91. The number of hydrogen-bond donors (Lipinski definition) is 0. The van der Waals surface area contributed by atoms with Crippen molar-refractivity contribution in [3.63, 3.8) is 0 Å². The van der Waals surface area contributed by atoms with Crippen LogP contribution >= 0.6 is 0 Å². The fourth-order valence-corrected chi connectivity index (χ4v) is 2.46. The maximum absolute atomic E-state index is 2.15. The summed E-state index contributed by atoms with van der Waals surface area (Å²) >= 11 is 0. The molecule has 24 heavy (non-hydrogen) atoms. The minimum Gasteiger partial charge on any atom is -0.0587 e. The van der Waals surface area contributed by atoms with Crippen LogP contribution in [0, 0.1) is 13.8 Å². The van der Waals surface area contributed by atoms with E-state index in [0.717, 1.165) is 0 Å². The molecular formula is C24H22. The van der Waals surface area contributed by atoms with E-state index >= 15 is 0 Å². The lowest BCUT2D eigenvalue weighted by Gasteiger charge is -1.98. The van der Waals surface area contributed by atoms with Crippen molar-refractivity contribution in [2.75, 3.05) is 0 Å². The van der Waals surface area contributed by atoms with Crippen LogP contribution in [0.3, 0.4) is 0 Å². The number of hydrogen-bond acceptors (Lipinski definition) is 0. The molecule has 0 fully saturated rings. The summed E-state index contributed by atoms with van der Waals surface area (Å²) in [6, 6.07) is 25.7. The van der Waals surface area contributed by atoms with E-state index < -0.39 is 0 Å². The molecule has 3 aromatic rings. The lowest BCUT2D eigenvalue weighted by atomic mass is 10.1. The second kappa shape index (κ2) is 7.61. The van der Waals surface area contributed by atoms with Gasteiger partial charge in [0.2, 0.25) is 0 Å². The zero-order valence-electron chi connectivity index (χ0n) is 14.2. The van der Waals surface area contributed by atoms with Gasteiger partial charge in [-0.05, 0) is 36.1 Å². The molecule has 0 radical (unpaired) electrons.